The number of carbonyl (C=O) groups is 1. The Bertz CT molecular complexity index is 656. The van der Waals surface area contributed by atoms with Crippen LogP contribution in [0.15, 0.2) is 30.7 Å². The smallest absolute Gasteiger partial charge is 0.273 e. The molecule has 0 atom stereocenters. The second-order valence-electron chi connectivity index (χ2n) is 4.37. The maximum Gasteiger partial charge on any atom is 0.273 e. The summed E-state index contributed by atoms with van der Waals surface area (Å²) in [7, 11) is 1.68. The van der Waals surface area contributed by atoms with Crippen LogP contribution in [0.1, 0.15) is 28.3 Å². The number of aliphatic hydroxyl groups excluding tert-OH is 1. The van der Waals surface area contributed by atoms with E-state index in [0.717, 1.165) is 0 Å². The molecule has 0 aliphatic carbocycles. The van der Waals surface area contributed by atoms with Crippen LogP contribution in [0.3, 0.4) is 0 Å². The van der Waals surface area contributed by atoms with Crippen LogP contribution in [0.4, 0.5) is 0 Å². The SMILES string of the molecule is CN(Cc1ncc[nH]1)C(=O)c1ncccc1C#CCCO. The van der Waals surface area contributed by atoms with Crippen molar-refractivity contribution >= 4 is 5.91 Å². The first kappa shape index (κ1) is 14.8. The van der Waals surface area contributed by atoms with Gasteiger partial charge in [-0.1, -0.05) is 11.8 Å². The van der Waals surface area contributed by atoms with Crippen molar-refractivity contribution in [2.45, 2.75) is 13.0 Å². The number of H-pyrrole nitrogens is 1. The Kier molecular flexibility index (Phi) is 5.07. The van der Waals surface area contributed by atoms with E-state index < -0.39 is 0 Å². The van der Waals surface area contributed by atoms with Gasteiger partial charge in [-0.3, -0.25) is 4.79 Å². The van der Waals surface area contributed by atoms with Crippen LogP contribution in [-0.4, -0.2) is 44.5 Å². The molecule has 1 amide bonds. The fourth-order valence-electron chi connectivity index (χ4n) is 1.75. The number of aromatic amines is 1. The number of hydrogen-bond donors (Lipinski definition) is 2. The van der Waals surface area contributed by atoms with E-state index in [0.29, 0.717) is 30.0 Å². The van der Waals surface area contributed by atoms with E-state index in [1.807, 2.05) is 0 Å². The van der Waals surface area contributed by atoms with Gasteiger partial charge >= 0.3 is 0 Å². The Hall–Kier alpha value is -2.65. The van der Waals surface area contributed by atoms with Crippen LogP contribution in [0.2, 0.25) is 0 Å². The monoisotopic (exact) mass is 284 g/mol. The van der Waals surface area contributed by atoms with Crippen molar-refractivity contribution in [2.24, 2.45) is 0 Å². The third-order valence-electron chi connectivity index (χ3n) is 2.76. The Morgan fingerprint density at radius 3 is 3.00 bits per heavy atom. The van der Waals surface area contributed by atoms with E-state index in [1.165, 1.54) is 4.90 Å². The molecule has 21 heavy (non-hydrogen) atoms. The number of aromatic nitrogens is 3. The predicted octanol–water partition coefficient (Wildman–Crippen LogP) is 0.811. The van der Waals surface area contributed by atoms with Crippen LogP contribution in [-0.2, 0) is 6.54 Å². The van der Waals surface area contributed by atoms with Crippen LogP contribution in [0.5, 0.6) is 0 Å². The third-order valence-corrected chi connectivity index (χ3v) is 2.76. The van der Waals surface area contributed by atoms with Gasteiger partial charge in [-0.25, -0.2) is 9.97 Å². The van der Waals surface area contributed by atoms with Gasteiger partial charge in [-0.2, -0.15) is 0 Å². The lowest BCUT2D eigenvalue weighted by atomic mass is 10.1. The molecule has 0 fully saturated rings. The second kappa shape index (κ2) is 7.22. The summed E-state index contributed by atoms with van der Waals surface area (Å²) in [4.78, 5) is 25.1. The van der Waals surface area contributed by atoms with Crippen molar-refractivity contribution in [1.29, 1.82) is 0 Å². The molecule has 0 aliphatic rings. The first-order chi connectivity index (χ1) is 10.2. The summed E-state index contributed by atoms with van der Waals surface area (Å²) in [5.41, 5.74) is 0.860. The number of carbonyl (C=O) groups excluding carboxylic acids is 1. The number of amides is 1. The van der Waals surface area contributed by atoms with Crippen molar-refractivity contribution in [1.82, 2.24) is 19.9 Å². The zero-order valence-electron chi connectivity index (χ0n) is 11.7. The normalized spacial score (nSPS) is 9.81. The highest BCUT2D eigenvalue weighted by atomic mass is 16.2. The zero-order chi connectivity index (χ0) is 15.1. The van der Waals surface area contributed by atoms with Crippen molar-refractivity contribution in [2.75, 3.05) is 13.7 Å². The minimum atomic E-state index is -0.222. The maximum absolute atomic E-state index is 12.4. The van der Waals surface area contributed by atoms with Crippen molar-refractivity contribution < 1.29 is 9.90 Å². The van der Waals surface area contributed by atoms with E-state index in [-0.39, 0.29) is 12.5 Å². The molecule has 2 aromatic rings. The van der Waals surface area contributed by atoms with E-state index in [4.69, 9.17) is 5.11 Å². The number of aliphatic hydroxyl groups is 1. The number of imidazole rings is 1. The van der Waals surface area contributed by atoms with Crippen molar-refractivity contribution in [3.63, 3.8) is 0 Å². The van der Waals surface area contributed by atoms with Gasteiger partial charge in [0.15, 0.2) is 0 Å². The molecular weight excluding hydrogens is 268 g/mol. The molecule has 6 nitrogen and oxygen atoms in total. The van der Waals surface area contributed by atoms with Crippen LogP contribution < -0.4 is 0 Å². The van der Waals surface area contributed by atoms with Crippen LogP contribution in [0.25, 0.3) is 0 Å². The quantitative estimate of drug-likeness (QED) is 0.814. The van der Waals surface area contributed by atoms with E-state index >= 15 is 0 Å². The summed E-state index contributed by atoms with van der Waals surface area (Å²) in [6, 6.07) is 3.47. The number of nitrogens with zero attached hydrogens (tertiary/aromatic N) is 3. The zero-order valence-corrected chi connectivity index (χ0v) is 11.7. The summed E-state index contributed by atoms with van der Waals surface area (Å²) < 4.78 is 0. The highest BCUT2D eigenvalue weighted by molar-refractivity contribution is 5.94. The number of hydrogen-bond acceptors (Lipinski definition) is 4. The lowest BCUT2D eigenvalue weighted by molar-refractivity contribution is 0.0776. The maximum atomic E-state index is 12.4. The second-order valence-corrected chi connectivity index (χ2v) is 4.37. The minimum absolute atomic E-state index is 0.00502. The largest absolute Gasteiger partial charge is 0.395 e. The molecule has 2 aromatic heterocycles. The molecule has 0 unspecified atom stereocenters. The molecule has 2 N–H and O–H groups in total. The van der Waals surface area contributed by atoms with Crippen LogP contribution >= 0.6 is 0 Å². The fraction of sp³-hybridized carbons (Fsp3) is 0.267. The first-order valence-corrected chi connectivity index (χ1v) is 6.51. The average molecular weight is 284 g/mol. The molecule has 0 aromatic carbocycles. The van der Waals surface area contributed by atoms with Gasteiger partial charge in [0, 0.05) is 32.1 Å². The molecule has 0 spiro atoms. The Morgan fingerprint density at radius 2 is 2.29 bits per heavy atom. The van der Waals surface area contributed by atoms with E-state index in [9.17, 15) is 4.79 Å². The minimum Gasteiger partial charge on any atom is -0.395 e. The molecule has 2 rings (SSSR count). The van der Waals surface area contributed by atoms with Crippen LogP contribution in [0, 0.1) is 11.8 Å². The standard InChI is InChI=1S/C15H16N4O2/c1-19(11-13-16-8-9-17-13)15(21)14-12(5-2-3-10-20)6-4-7-18-14/h4,6-9,20H,3,10-11H2,1H3,(H,16,17). The molecule has 0 saturated carbocycles. The predicted molar refractivity (Wildman–Crippen MR) is 77.2 cm³/mol. The van der Waals surface area contributed by atoms with Gasteiger partial charge in [-0.05, 0) is 12.1 Å². The van der Waals surface area contributed by atoms with Gasteiger partial charge in [0.2, 0.25) is 0 Å². The Morgan fingerprint density at radius 1 is 1.43 bits per heavy atom. The topological polar surface area (TPSA) is 82.1 Å². The molecule has 0 saturated heterocycles. The van der Waals surface area contributed by atoms with Gasteiger partial charge in [-0.15, -0.1) is 0 Å². The lowest BCUT2D eigenvalue weighted by Gasteiger charge is -2.15. The molecule has 2 heterocycles. The van der Waals surface area contributed by atoms with Crippen molar-refractivity contribution in [3.8, 4) is 11.8 Å². The summed E-state index contributed by atoms with van der Waals surface area (Å²) in [6.07, 6.45) is 5.27. The highest BCUT2D eigenvalue weighted by Gasteiger charge is 2.17. The van der Waals surface area contributed by atoms with Gasteiger partial charge in [0.1, 0.15) is 11.5 Å². The molecule has 0 aliphatic heterocycles. The molecule has 6 heteroatoms. The van der Waals surface area contributed by atoms with Crippen molar-refractivity contribution in [3.05, 3.63) is 47.8 Å². The third kappa shape index (κ3) is 3.91. The molecule has 0 radical (unpaired) electrons. The Balaban J connectivity index is 2.17. The number of pyridine rings is 1. The molecular formula is C15H16N4O2. The first-order valence-electron chi connectivity index (χ1n) is 6.51. The summed E-state index contributed by atoms with van der Waals surface area (Å²) in [6.45, 7) is 0.362. The van der Waals surface area contributed by atoms with Gasteiger partial charge in [0.25, 0.3) is 5.91 Å². The van der Waals surface area contributed by atoms with Gasteiger partial charge in [0.05, 0.1) is 18.7 Å². The highest BCUT2D eigenvalue weighted by Crippen LogP contribution is 2.08. The summed E-state index contributed by atoms with van der Waals surface area (Å²) in [5.74, 6) is 6.15. The number of nitrogens with one attached hydrogen (secondary N) is 1. The van der Waals surface area contributed by atoms with Gasteiger partial charge < -0.3 is 15.0 Å². The lowest BCUT2D eigenvalue weighted by Crippen LogP contribution is -2.28. The van der Waals surface area contributed by atoms with E-state index in [1.54, 1.807) is 37.8 Å². The summed E-state index contributed by atoms with van der Waals surface area (Å²) >= 11 is 0. The molecule has 108 valence electrons. The number of rotatable bonds is 4. The molecule has 0 bridgehead atoms. The van der Waals surface area contributed by atoms with E-state index in [2.05, 4.69) is 26.8 Å². The summed E-state index contributed by atoms with van der Waals surface area (Å²) in [5, 5.41) is 8.75. The fourth-order valence-corrected chi connectivity index (χ4v) is 1.75. The Labute approximate surface area is 122 Å². The average Bonchev–Trinajstić information content (AvgIpc) is 3.00.